The molecule has 1 rings (SSSR count). The van der Waals surface area contributed by atoms with Gasteiger partial charge in [0, 0.05) is 6.54 Å². The van der Waals surface area contributed by atoms with Gasteiger partial charge >= 0.3 is 6.18 Å². The molecule has 0 saturated heterocycles. The lowest BCUT2D eigenvalue weighted by Gasteiger charge is -2.19. The third-order valence-corrected chi connectivity index (χ3v) is 2.57. The molecule has 0 unspecified atom stereocenters. The molecule has 0 aromatic heterocycles. The third-order valence-electron chi connectivity index (χ3n) is 2.57. The van der Waals surface area contributed by atoms with E-state index in [-0.39, 0.29) is 11.1 Å². The van der Waals surface area contributed by atoms with E-state index in [0.29, 0.717) is 12.2 Å². The van der Waals surface area contributed by atoms with Crippen LogP contribution in [0.15, 0.2) is 18.2 Å². The topological polar surface area (TPSA) is 38.0 Å². The van der Waals surface area contributed by atoms with Crippen molar-refractivity contribution in [3.05, 3.63) is 23.8 Å². The molecule has 0 heterocycles. The second-order valence-electron chi connectivity index (χ2n) is 5.54. The lowest BCUT2D eigenvalue weighted by Crippen LogP contribution is -2.14. The van der Waals surface area contributed by atoms with E-state index in [0.717, 1.165) is 18.6 Å². The summed E-state index contributed by atoms with van der Waals surface area (Å²) in [6.45, 7) is 6.99. The number of halogens is 3. The number of nitrogens with two attached hydrogens (primary N) is 1. The van der Waals surface area contributed by atoms with Crippen molar-refractivity contribution in [2.24, 2.45) is 5.41 Å². The SMILES string of the molecule is CC(C)(C)CCNc1ccc(C(F)(F)F)cc1N. The summed E-state index contributed by atoms with van der Waals surface area (Å²) in [5.41, 5.74) is 5.73. The normalized spacial score (nSPS) is 12.6. The average molecular weight is 260 g/mol. The Morgan fingerprint density at radius 1 is 1.17 bits per heavy atom. The van der Waals surface area contributed by atoms with Crippen LogP contribution in [0, 0.1) is 5.41 Å². The maximum atomic E-state index is 12.4. The first kappa shape index (κ1) is 14.7. The smallest absolute Gasteiger partial charge is 0.397 e. The summed E-state index contributed by atoms with van der Waals surface area (Å²) in [6, 6.07) is 3.37. The fourth-order valence-electron chi connectivity index (χ4n) is 1.47. The van der Waals surface area contributed by atoms with Gasteiger partial charge in [0.05, 0.1) is 16.9 Å². The number of hydrogen-bond donors (Lipinski definition) is 2. The quantitative estimate of drug-likeness (QED) is 0.802. The molecule has 0 aliphatic rings. The summed E-state index contributed by atoms with van der Waals surface area (Å²) in [5, 5.41) is 3.06. The van der Waals surface area contributed by atoms with Gasteiger partial charge in [0.25, 0.3) is 0 Å². The highest BCUT2D eigenvalue weighted by atomic mass is 19.4. The summed E-state index contributed by atoms with van der Waals surface area (Å²) in [4.78, 5) is 0. The molecule has 0 fully saturated rings. The molecule has 102 valence electrons. The van der Waals surface area contributed by atoms with Crippen molar-refractivity contribution in [3.8, 4) is 0 Å². The van der Waals surface area contributed by atoms with Crippen molar-refractivity contribution in [1.82, 2.24) is 0 Å². The van der Waals surface area contributed by atoms with E-state index >= 15 is 0 Å². The molecule has 1 aromatic rings. The van der Waals surface area contributed by atoms with E-state index in [2.05, 4.69) is 26.1 Å². The van der Waals surface area contributed by atoms with Gasteiger partial charge in [0.15, 0.2) is 0 Å². The van der Waals surface area contributed by atoms with Crippen molar-refractivity contribution in [3.63, 3.8) is 0 Å². The van der Waals surface area contributed by atoms with Crippen molar-refractivity contribution in [2.75, 3.05) is 17.6 Å². The Kier molecular flexibility index (Phi) is 4.14. The van der Waals surface area contributed by atoms with Crippen LogP contribution >= 0.6 is 0 Å². The standard InChI is InChI=1S/C13H19F3N2/c1-12(2,3)6-7-18-11-5-4-9(8-10(11)17)13(14,15)16/h4-5,8,18H,6-7,17H2,1-3H3. The predicted molar refractivity (Wildman–Crippen MR) is 68.4 cm³/mol. The van der Waals surface area contributed by atoms with E-state index in [1.807, 2.05) is 0 Å². The Morgan fingerprint density at radius 3 is 2.22 bits per heavy atom. The zero-order valence-electron chi connectivity index (χ0n) is 10.9. The van der Waals surface area contributed by atoms with Gasteiger partial charge in [-0.15, -0.1) is 0 Å². The van der Waals surface area contributed by atoms with Crippen LogP contribution in [0.5, 0.6) is 0 Å². The van der Waals surface area contributed by atoms with Crippen LogP contribution in [0.25, 0.3) is 0 Å². The van der Waals surface area contributed by atoms with Crippen LogP contribution in [-0.4, -0.2) is 6.54 Å². The highest BCUT2D eigenvalue weighted by molar-refractivity contribution is 5.67. The summed E-state index contributed by atoms with van der Waals surface area (Å²) in [7, 11) is 0. The zero-order valence-corrected chi connectivity index (χ0v) is 10.9. The fraction of sp³-hybridized carbons (Fsp3) is 0.538. The van der Waals surface area contributed by atoms with Gasteiger partial charge in [-0.05, 0) is 30.0 Å². The Hall–Kier alpha value is -1.39. The van der Waals surface area contributed by atoms with Gasteiger partial charge in [-0.3, -0.25) is 0 Å². The van der Waals surface area contributed by atoms with E-state index < -0.39 is 11.7 Å². The van der Waals surface area contributed by atoms with Gasteiger partial charge in [-0.2, -0.15) is 13.2 Å². The monoisotopic (exact) mass is 260 g/mol. The Labute approximate surface area is 105 Å². The zero-order chi connectivity index (χ0) is 14.0. The average Bonchev–Trinajstić information content (AvgIpc) is 2.17. The van der Waals surface area contributed by atoms with E-state index in [1.165, 1.54) is 6.07 Å². The maximum absolute atomic E-state index is 12.4. The van der Waals surface area contributed by atoms with Crippen LogP contribution < -0.4 is 11.1 Å². The van der Waals surface area contributed by atoms with Crippen LogP contribution in [-0.2, 0) is 6.18 Å². The van der Waals surface area contributed by atoms with Gasteiger partial charge in [0.1, 0.15) is 0 Å². The number of nitrogen functional groups attached to an aromatic ring is 1. The van der Waals surface area contributed by atoms with Crippen LogP contribution in [0.3, 0.4) is 0 Å². The maximum Gasteiger partial charge on any atom is 0.416 e. The highest BCUT2D eigenvalue weighted by Gasteiger charge is 2.30. The van der Waals surface area contributed by atoms with Crippen molar-refractivity contribution in [1.29, 1.82) is 0 Å². The minimum Gasteiger partial charge on any atom is -0.397 e. The number of nitrogens with one attached hydrogen (secondary N) is 1. The molecule has 0 bridgehead atoms. The fourth-order valence-corrected chi connectivity index (χ4v) is 1.47. The lowest BCUT2D eigenvalue weighted by atomic mass is 9.92. The second kappa shape index (κ2) is 5.08. The van der Waals surface area contributed by atoms with Crippen molar-refractivity contribution < 1.29 is 13.2 Å². The Balaban J connectivity index is 2.69. The van der Waals surface area contributed by atoms with Gasteiger partial charge < -0.3 is 11.1 Å². The van der Waals surface area contributed by atoms with Crippen molar-refractivity contribution in [2.45, 2.75) is 33.4 Å². The lowest BCUT2D eigenvalue weighted by molar-refractivity contribution is -0.137. The Bertz CT molecular complexity index is 406. The molecule has 0 aliphatic carbocycles. The molecular formula is C13H19F3N2. The first-order valence-electron chi connectivity index (χ1n) is 5.80. The number of anilines is 2. The van der Waals surface area contributed by atoms with Gasteiger partial charge in [-0.25, -0.2) is 0 Å². The van der Waals surface area contributed by atoms with Gasteiger partial charge in [-0.1, -0.05) is 20.8 Å². The van der Waals surface area contributed by atoms with E-state index in [9.17, 15) is 13.2 Å². The molecule has 2 nitrogen and oxygen atoms in total. The minimum atomic E-state index is -4.35. The van der Waals surface area contributed by atoms with Crippen LogP contribution in [0.1, 0.15) is 32.8 Å². The number of rotatable bonds is 3. The summed E-state index contributed by atoms with van der Waals surface area (Å²) in [5.74, 6) is 0. The molecule has 0 aliphatic heterocycles. The molecular weight excluding hydrogens is 241 g/mol. The predicted octanol–water partition coefficient (Wildman–Crippen LogP) is 4.14. The first-order chi connectivity index (χ1) is 8.09. The van der Waals surface area contributed by atoms with E-state index in [1.54, 1.807) is 0 Å². The molecule has 0 spiro atoms. The molecule has 0 amide bonds. The molecule has 0 radical (unpaired) electrons. The first-order valence-corrected chi connectivity index (χ1v) is 5.80. The molecule has 0 atom stereocenters. The largest absolute Gasteiger partial charge is 0.416 e. The molecule has 18 heavy (non-hydrogen) atoms. The summed E-state index contributed by atoms with van der Waals surface area (Å²) < 4.78 is 37.3. The number of benzene rings is 1. The molecule has 5 heteroatoms. The minimum absolute atomic E-state index is 0.124. The number of alkyl halides is 3. The Morgan fingerprint density at radius 2 is 1.78 bits per heavy atom. The van der Waals surface area contributed by atoms with Crippen molar-refractivity contribution >= 4 is 11.4 Å². The summed E-state index contributed by atoms with van der Waals surface area (Å²) >= 11 is 0. The molecule has 0 saturated carbocycles. The summed E-state index contributed by atoms with van der Waals surface area (Å²) in [6.07, 6.45) is -3.44. The van der Waals surface area contributed by atoms with Gasteiger partial charge in [0.2, 0.25) is 0 Å². The molecule has 1 aromatic carbocycles. The van der Waals surface area contributed by atoms with Crippen LogP contribution in [0.2, 0.25) is 0 Å². The molecule has 3 N–H and O–H groups in total. The third kappa shape index (κ3) is 4.47. The van der Waals surface area contributed by atoms with E-state index in [4.69, 9.17) is 5.73 Å². The number of hydrogen-bond acceptors (Lipinski definition) is 2. The van der Waals surface area contributed by atoms with Crippen LogP contribution in [0.4, 0.5) is 24.5 Å². The second-order valence-corrected chi connectivity index (χ2v) is 5.54. The highest BCUT2D eigenvalue weighted by Crippen LogP contribution is 2.32.